The standard InChI is InChI=1S/C17H16N2O4/c1-22-12-8-7-11(15(9-12)23-2)10-19-17(21)14-6-4-3-5-13(14)16(20)18-19/h3-9H,10H2,1-2H3,(H,18,20). The van der Waals surface area contributed by atoms with Gasteiger partial charge in [0.2, 0.25) is 0 Å². The number of methoxy groups -OCH3 is 2. The van der Waals surface area contributed by atoms with Gasteiger partial charge in [-0.15, -0.1) is 0 Å². The summed E-state index contributed by atoms with van der Waals surface area (Å²) in [5.74, 6) is 1.25. The van der Waals surface area contributed by atoms with Gasteiger partial charge in [0.15, 0.2) is 0 Å². The van der Waals surface area contributed by atoms with Crippen molar-refractivity contribution in [3.63, 3.8) is 0 Å². The molecule has 1 N–H and O–H groups in total. The minimum atomic E-state index is -0.298. The van der Waals surface area contributed by atoms with Crippen LogP contribution in [0.25, 0.3) is 10.8 Å². The summed E-state index contributed by atoms with van der Waals surface area (Å²) in [7, 11) is 3.12. The van der Waals surface area contributed by atoms with E-state index in [1.54, 1.807) is 56.7 Å². The quantitative estimate of drug-likeness (QED) is 0.796. The van der Waals surface area contributed by atoms with Crippen LogP contribution in [0, 0.1) is 0 Å². The Balaban J connectivity index is 2.11. The molecule has 0 bridgehead atoms. The number of hydrogen-bond donors (Lipinski definition) is 1. The molecule has 0 aliphatic heterocycles. The largest absolute Gasteiger partial charge is 0.497 e. The highest BCUT2D eigenvalue weighted by Crippen LogP contribution is 2.24. The number of nitrogens with one attached hydrogen (secondary N) is 1. The fraction of sp³-hybridized carbons (Fsp3) is 0.176. The number of hydrogen-bond acceptors (Lipinski definition) is 4. The molecule has 23 heavy (non-hydrogen) atoms. The highest BCUT2D eigenvalue weighted by atomic mass is 16.5. The average molecular weight is 312 g/mol. The molecule has 1 aromatic heterocycles. The van der Waals surface area contributed by atoms with Gasteiger partial charge in [-0.2, -0.15) is 0 Å². The summed E-state index contributed by atoms with van der Waals surface area (Å²) in [4.78, 5) is 24.7. The first kappa shape index (κ1) is 14.9. The molecule has 0 aliphatic carbocycles. The van der Waals surface area contributed by atoms with E-state index < -0.39 is 0 Å². The number of aromatic nitrogens is 2. The van der Waals surface area contributed by atoms with Crippen LogP contribution in [-0.4, -0.2) is 24.0 Å². The molecule has 0 fully saturated rings. The molecule has 1 heterocycles. The first-order valence-electron chi connectivity index (χ1n) is 7.07. The van der Waals surface area contributed by atoms with Gasteiger partial charge in [0.1, 0.15) is 11.5 Å². The maximum atomic E-state index is 12.5. The minimum absolute atomic E-state index is 0.200. The Morgan fingerprint density at radius 2 is 1.74 bits per heavy atom. The third-order valence-corrected chi connectivity index (χ3v) is 3.71. The summed E-state index contributed by atoms with van der Waals surface area (Å²) >= 11 is 0. The van der Waals surface area contributed by atoms with Crippen molar-refractivity contribution in [1.82, 2.24) is 9.78 Å². The molecule has 0 spiro atoms. The third-order valence-electron chi connectivity index (χ3n) is 3.71. The van der Waals surface area contributed by atoms with E-state index in [9.17, 15) is 9.59 Å². The van der Waals surface area contributed by atoms with Gasteiger partial charge in [-0.05, 0) is 24.3 Å². The van der Waals surface area contributed by atoms with Gasteiger partial charge in [-0.3, -0.25) is 14.7 Å². The molecule has 118 valence electrons. The van der Waals surface area contributed by atoms with E-state index >= 15 is 0 Å². The van der Waals surface area contributed by atoms with Crippen molar-refractivity contribution in [3.8, 4) is 11.5 Å². The first-order valence-corrected chi connectivity index (χ1v) is 7.07. The van der Waals surface area contributed by atoms with Gasteiger partial charge < -0.3 is 9.47 Å². The summed E-state index contributed by atoms with van der Waals surface area (Å²) in [6, 6.07) is 12.1. The van der Waals surface area contributed by atoms with Crippen molar-refractivity contribution >= 4 is 10.8 Å². The van der Waals surface area contributed by atoms with E-state index in [2.05, 4.69) is 5.10 Å². The lowest BCUT2D eigenvalue weighted by molar-refractivity contribution is 0.389. The molecule has 0 radical (unpaired) electrons. The lowest BCUT2D eigenvalue weighted by Gasteiger charge is -2.12. The average Bonchev–Trinajstić information content (AvgIpc) is 2.59. The summed E-state index contributed by atoms with van der Waals surface area (Å²) in [5.41, 5.74) is 0.215. The Kier molecular flexibility index (Phi) is 3.89. The number of H-pyrrole nitrogens is 1. The van der Waals surface area contributed by atoms with Crippen molar-refractivity contribution in [2.24, 2.45) is 0 Å². The fourth-order valence-corrected chi connectivity index (χ4v) is 2.51. The number of aromatic amines is 1. The van der Waals surface area contributed by atoms with E-state index in [0.717, 1.165) is 5.56 Å². The van der Waals surface area contributed by atoms with Crippen molar-refractivity contribution in [2.45, 2.75) is 6.54 Å². The second kappa shape index (κ2) is 6.00. The maximum absolute atomic E-state index is 12.5. The van der Waals surface area contributed by atoms with Crippen molar-refractivity contribution in [1.29, 1.82) is 0 Å². The summed E-state index contributed by atoms with van der Waals surface area (Å²) in [6.45, 7) is 0.200. The Labute approximate surface area is 131 Å². The maximum Gasteiger partial charge on any atom is 0.273 e. The number of benzene rings is 2. The van der Waals surface area contributed by atoms with Crippen LogP contribution in [0.4, 0.5) is 0 Å². The first-order chi connectivity index (χ1) is 11.1. The van der Waals surface area contributed by atoms with Gasteiger partial charge in [-0.1, -0.05) is 12.1 Å². The molecular formula is C17H16N2O4. The van der Waals surface area contributed by atoms with Crippen molar-refractivity contribution < 1.29 is 9.47 Å². The Bertz CT molecular complexity index is 972. The fourth-order valence-electron chi connectivity index (χ4n) is 2.51. The van der Waals surface area contributed by atoms with Gasteiger partial charge in [0.05, 0.1) is 31.5 Å². The molecule has 3 rings (SSSR count). The topological polar surface area (TPSA) is 73.3 Å². The molecule has 3 aromatic rings. The monoisotopic (exact) mass is 312 g/mol. The molecule has 0 unspecified atom stereocenters. The van der Waals surface area contributed by atoms with Crippen LogP contribution in [0.15, 0.2) is 52.1 Å². The zero-order chi connectivity index (χ0) is 16.4. The van der Waals surface area contributed by atoms with Gasteiger partial charge in [-0.25, -0.2) is 4.68 Å². The molecule has 6 heteroatoms. The molecule has 2 aromatic carbocycles. The molecule has 0 saturated carbocycles. The van der Waals surface area contributed by atoms with Gasteiger partial charge >= 0.3 is 0 Å². The summed E-state index contributed by atoms with van der Waals surface area (Å²) in [6.07, 6.45) is 0. The molecular weight excluding hydrogens is 296 g/mol. The van der Waals surface area contributed by atoms with E-state index in [4.69, 9.17) is 9.47 Å². The predicted octanol–water partition coefficient (Wildman–Crippen LogP) is 1.76. The van der Waals surface area contributed by atoms with Crippen LogP contribution in [0.1, 0.15) is 5.56 Å². The number of ether oxygens (including phenoxy) is 2. The second-order valence-corrected chi connectivity index (χ2v) is 5.06. The van der Waals surface area contributed by atoms with Crippen molar-refractivity contribution in [3.05, 3.63) is 68.7 Å². The normalized spacial score (nSPS) is 10.7. The van der Waals surface area contributed by atoms with Crippen LogP contribution in [0.3, 0.4) is 0 Å². The van der Waals surface area contributed by atoms with Gasteiger partial charge in [0.25, 0.3) is 11.1 Å². The van der Waals surface area contributed by atoms with Crippen LogP contribution >= 0.6 is 0 Å². The highest BCUT2D eigenvalue weighted by Gasteiger charge is 2.10. The lowest BCUT2D eigenvalue weighted by atomic mass is 10.1. The smallest absolute Gasteiger partial charge is 0.273 e. The van der Waals surface area contributed by atoms with E-state index in [0.29, 0.717) is 22.3 Å². The van der Waals surface area contributed by atoms with Crippen LogP contribution in [0.2, 0.25) is 0 Å². The molecule has 6 nitrogen and oxygen atoms in total. The van der Waals surface area contributed by atoms with Crippen LogP contribution < -0.4 is 20.6 Å². The predicted molar refractivity (Wildman–Crippen MR) is 87.5 cm³/mol. The molecule has 0 saturated heterocycles. The van der Waals surface area contributed by atoms with E-state index in [-0.39, 0.29) is 17.7 Å². The highest BCUT2D eigenvalue weighted by molar-refractivity contribution is 5.80. The second-order valence-electron chi connectivity index (χ2n) is 5.06. The lowest BCUT2D eigenvalue weighted by Crippen LogP contribution is -2.30. The van der Waals surface area contributed by atoms with E-state index in [1.807, 2.05) is 0 Å². The Morgan fingerprint density at radius 3 is 2.43 bits per heavy atom. The molecule has 0 amide bonds. The Hall–Kier alpha value is -3.02. The zero-order valence-corrected chi connectivity index (χ0v) is 12.8. The number of nitrogens with zero attached hydrogens (tertiary/aromatic N) is 1. The minimum Gasteiger partial charge on any atom is -0.497 e. The van der Waals surface area contributed by atoms with Crippen LogP contribution in [0.5, 0.6) is 11.5 Å². The summed E-state index contributed by atoms with van der Waals surface area (Å²) in [5, 5.41) is 3.39. The van der Waals surface area contributed by atoms with Crippen molar-refractivity contribution in [2.75, 3.05) is 14.2 Å². The molecule has 0 atom stereocenters. The molecule has 0 aliphatic rings. The Morgan fingerprint density at radius 1 is 1.00 bits per heavy atom. The zero-order valence-electron chi connectivity index (χ0n) is 12.8. The number of rotatable bonds is 4. The summed E-state index contributed by atoms with van der Waals surface area (Å²) < 4.78 is 11.8. The SMILES string of the molecule is COc1ccc(Cn2[nH]c(=O)c3ccccc3c2=O)c(OC)c1. The third kappa shape index (κ3) is 2.70. The van der Waals surface area contributed by atoms with E-state index in [1.165, 1.54) is 4.68 Å². The van der Waals surface area contributed by atoms with Crippen LogP contribution in [-0.2, 0) is 6.54 Å². The van der Waals surface area contributed by atoms with Gasteiger partial charge in [0, 0.05) is 11.6 Å². The number of fused-ring (bicyclic) bond motifs is 1.